The van der Waals surface area contributed by atoms with Crippen molar-refractivity contribution in [3.8, 4) is 0 Å². The standard InChI is InChI=1S/C14H21ClO8/c1-9(4-13(18)22-8-15)5-14(19)23-12(6-20-10(2)16)7-21-11(3)17/h9,12H,4-8H2,1-3H3. The molecule has 0 radical (unpaired) electrons. The summed E-state index contributed by atoms with van der Waals surface area (Å²) in [6.45, 7) is 3.63. The lowest BCUT2D eigenvalue weighted by molar-refractivity contribution is -0.166. The normalized spacial score (nSPS) is 11.5. The molecular formula is C14H21ClO8. The Balaban J connectivity index is 4.35. The summed E-state index contributed by atoms with van der Waals surface area (Å²) in [5.74, 6) is -2.55. The van der Waals surface area contributed by atoms with E-state index in [1.165, 1.54) is 13.8 Å². The van der Waals surface area contributed by atoms with Gasteiger partial charge in [-0.1, -0.05) is 18.5 Å². The van der Waals surface area contributed by atoms with Crippen LogP contribution >= 0.6 is 11.6 Å². The summed E-state index contributed by atoms with van der Waals surface area (Å²) < 4.78 is 19.1. The summed E-state index contributed by atoms with van der Waals surface area (Å²) in [7, 11) is 0. The highest BCUT2D eigenvalue weighted by Gasteiger charge is 2.21. The largest absolute Gasteiger partial charge is 0.462 e. The van der Waals surface area contributed by atoms with E-state index in [2.05, 4.69) is 4.74 Å². The molecule has 132 valence electrons. The first-order valence-electron chi connectivity index (χ1n) is 6.92. The van der Waals surface area contributed by atoms with Gasteiger partial charge in [0.25, 0.3) is 0 Å². The Hall–Kier alpha value is -1.83. The monoisotopic (exact) mass is 352 g/mol. The summed E-state index contributed by atoms with van der Waals surface area (Å²) in [6, 6.07) is -0.247. The van der Waals surface area contributed by atoms with Crippen LogP contribution in [0.1, 0.15) is 33.6 Å². The number of esters is 4. The number of hydrogen-bond acceptors (Lipinski definition) is 8. The average molecular weight is 353 g/mol. The van der Waals surface area contributed by atoms with Crippen LogP contribution in [0.4, 0.5) is 0 Å². The van der Waals surface area contributed by atoms with Crippen molar-refractivity contribution < 1.29 is 38.1 Å². The number of halogens is 1. The molecule has 0 aromatic heterocycles. The molecule has 23 heavy (non-hydrogen) atoms. The number of carbonyl (C=O) groups is 4. The second-order valence-corrected chi connectivity index (χ2v) is 5.07. The first kappa shape index (κ1) is 21.2. The van der Waals surface area contributed by atoms with Crippen LogP contribution in [-0.2, 0) is 38.1 Å². The van der Waals surface area contributed by atoms with Crippen molar-refractivity contribution in [2.45, 2.75) is 39.7 Å². The van der Waals surface area contributed by atoms with E-state index in [0.717, 1.165) is 0 Å². The predicted molar refractivity (Wildman–Crippen MR) is 78.4 cm³/mol. The highest BCUT2D eigenvalue weighted by Crippen LogP contribution is 2.11. The zero-order valence-electron chi connectivity index (χ0n) is 13.3. The SMILES string of the molecule is CC(=O)OCC(COC(C)=O)OC(=O)CC(C)CC(=O)OCCl. The van der Waals surface area contributed by atoms with Gasteiger partial charge in [-0.15, -0.1) is 0 Å². The third-order valence-corrected chi connectivity index (χ3v) is 2.60. The Morgan fingerprint density at radius 1 is 0.870 bits per heavy atom. The molecule has 0 aliphatic carbocycles. The highest BCUT2D eigenvalue weighted by molar-refractivity contribution is 6.17. The van der Waals surface area contributed by atoms with Crippen LogP contribution in [0.15, 0.2) is 0 Å². The Morgan fingerprint density at radius 3 is 1.78 bits per heavy atom. The molecule has 8 nitrogen and oxygen atoms in total. The molecule has 1 atom stereocenters. The fourth-order valence-corrected chi connectivity index (χ4v) is 1.65. The van der Waals surface area contributed by atoms with E-state index >= 15 is 0 Å². The first-order valence-corrected chi connectivity index (χ1v) is 7.45. The van der Waals surface area contributed by atoms with Gasteiger partial charge in [0.2, 0.25) is 0 Å². The fraction of sp³-hybridized carbons (Fsp3) is 0.714. The lowest BCUT2D eigenvalue weighted by Crippen LogP contribution is -2.30. The van der Waals surface area contributed by atoms with Gasteiger partial charge in [0.15, 0.2) is 12.2 Å². The fourth-order valence-electron chi connectivity index (χ4n) is 1.53. The minimum atomic E-state index is -0.905. The molecule has 0 saturated heterocycles. The van der Waals surface area contributed by atoms with Crippen LogP contribution in [0.5, 0.6) is 0 Å². The number of alkyl halides is 1. The Bertz CT molecular complexity index is 405. The highest BCUT2D eigenvalue weighted by atomic mass is 35.5. The molecular weight excluding hydrogens is 332 g/mol. The van der Waals surface area contributed by atoms with E-state index in [0.29, 0.717) is 0 Å². The predicted octanol–water partition coefficient (Wildman–Crippen LogP) is 1.18. The van der Waals surface area contributed by atoms with Crippen molar-refractivity contribution in [1.29, 1.82) is 0 Å². The van der Waals surface area contributed by atoms with E-state index in [-0.39, 0.29) is 38.0 Å². The lowest BCUT2D eigenvalue weighted by atomic mass is 10.0. The van der Waals surface area contributed by atoms with Crippen molar-refractivity contribution in [2.24, 2.45) is 5.92 Å². The second kappa shape index (κ2) is 11.7. The zero-order chi connectivity index (χ0) is 17.8. The maximum absolute atomic E-state index is 11.8. The van der Waals surface area contributed by atoms with Gasteiger partial charge in [0.05, 0.1) is 0 Å². The van der Waals surface area contributed by atoms with Gasteiger partial charge >= 0.3 is 23.9 Å². The number of hydrogen-bond donors (Lipinski definition) is 0. The molecule has 0 aliphatic heterocycles. The maximum Gasteiger partial charge on any atom is 0.307 e. The quantitative estimate of drug-likeness (QED) is 0.328. The molecule has 0 bridgehead atoms. The van der Waals surface area contributed by atoms with Crippen LogP contribution in [0, 0.1) is 5.92 Å². The third kappa shape index (κ3) is 12.4. The summed E-state index contributed by atoms with van der Waals surface area (Å²) >= 11 is 5.26. The molecule has 0 spiro atoms. The molecule has 0 heterocycles. The topological polar surface area (TPSA) is 105 Å². The molecule has 1 unspecified atom stereocenters. The minimum Gasteiger partial charge on any atom is -0.462 e. The van der Waals surface area contributed by atoms with Gasteiger partial charge in [0.1, 0.15) is 13.2 Å². The van der Waals surface area contributed by atoms with Crippen LogP contribution < -0.4 is 0 Å². The Morgan fingerprint density at radius 2 is 1.35 bits per heavy atom. The molecule has 0 amide bonds. The van der Waals surface area contributed by atoms with E-state index in [1.807, 2.05) is 0 Å². The van der Waals surface area contributed by atoms with E-state index in [1.54, 1.807) is 6.92 Å². The van der Waals surface area contributed by atoms with Crippen molar-refractivity contribution in [1.82, 2.24) is 0 Å². The molecule has 9 heteroatoms. The minimum absolute atomic E-state index is 0.0143. The van der Waals surface area contributed by atoms with Crippen molar-refractivity contribution in [2.75, 3.05) is 19.3 Å². The van der Waals surface area contributed by atoms with Crippen molar-refractivity contribution in [3.05, 3.63) is 0 Å². The summed E-state index contributed by atoms with van der Waals surface area (Å²) in [5.41, 5.74) is 0. The zero-order valence-corrected chi connectivity index (χ0v) is 14.1. The van der Waals surface area contributed by atoms with Crippen LogP contribution in [0.25, 0.3) is 0 Å². The van der Waals surface area contributed by atoms with Crippen LogP contribution in [0.2, 0.25) is 0 Å². The molecule has 0 rings (SSSR count). The number of carbonyl (C=O) groups excluding carboxylic acids is 4. The maximum atomic E-state index is 11.8. The van der Waals surface area contributed by atoms with Gasteiger partial charge in [-0.3, -0.25) is 19.2 Å². The Labute approximate surface area is 139 Å². The molecule has 0 fully saturated rings. The number of rotatable bonds is 10. The molecule has 0 N–H and O–H groups in total. The summed E-state index contributed by atoms with van der Waals surface area (Å²) in [4.78, 5) is 44.6. The van der Waals surface area contributed by atoms with Crippen molar-refractivity contribution in [3.63, 3.8) is 0 Å². The lowest BCUT2D eigenvalue weighted by Gasteiger charge is -2.18. The van der Waals surface area contributed by atoms with Crippen LogP contribution in [0.3, 0.4) is 0 Å². The van der Waals surface area contributed by atoms with Crippen LogP contribution in [-0.4, -0.2) is 49.3 Å². The van der Waals surface area contributed by atoms with Gasteiger partial charge in [-0.2, -0.15) is 0 Å². The van der Waals surface area contributed by atoms with Crippen molar-refractivity contribution >= 4 is 35.5 Å². The van der Waals surface area contributed by atoms with E-state index in [4.69, 9.17) is 25.8 Å². The van der Waals surface area contributed by atoms with Gasteiger partial charge in [0, 0.05) is 26.7 Å². The third-order valence-electron chi connectivity index (χ3n) is 2.49. The second-order valence-electron chi connectivity index (χ2n) is 4.86. The van der Waals surface area contributed by atoms with Gasteiger partial charge in [-0.25, -0.2) is 0 Å². The molecule has 0 aromatic carbocycles. The van der Waals surface area contributed by atoms with E-state index in [9.17, 15) is 19.2 Å². The summed E-state index contributed by atoms with van der Waals surface area (Å²) in [5, 5.41) is 0. The van der Waals surface area contributed by atoms with E-state index < -0.39 is 30.0 Å². The molecule has 0 aliphatic rings. The van der Waals surface area contributed by atoms with Gasteiger partial charge in [-0.05, 0) is 5.92 Å². The summed E-state index contributed by atoms with van der Waals surface area (Å²) in [6.07, 6.45) is -0.939. The van der Waals surface area contributed by atoms with Gasteiger partial charge < -0.3 is 18.9 Å². The number of ether oxygens (including phenoxy) is 4. The molecule has 0 aromatic rings. The first-order chi connectivity index (χ1) is 10.7. The Kier molecular flexibility index (Phi) is 10.8. The smallest absolute Gasteiger partial charge is 0.307 e. The molecule has 0 saturated carbocycles. The average Bonchev–Trinajstić information content (AvgIpc) is 2.41.